The zero-order chi connectivity index (χ0) is 21.8. The number of anilines is 1. The van der Waals surface area contributed by atoms with Gasteiger partial charge in [0, 0.05) is 7.05 Å². The van der Waals surface area contributed by atoms with Crippen molar-refractivity contribution >= 4 is 58.2 Å². The average molecular weight is 486 g/mol. The van der Waals surface area contributed by atoms with E-state index in [0.29, 0.717) is 31.7 Å². The van der Waals surface area contributed by atoms with Crippen LogP contribution in [0.5, 0.6) is 5.75 Å². The summed E-state index contributed by atoms with van der Waals surface area (Å²) in [4.78, 5) is 12.3. The molecule has 0 aliphatic rings. The number of ether oxygens (including phenoxy) is 1. The highest BCUT2D eigenvalue weighted by molar-refractivity contribution is 7.99. The molecule has 0 bridgehead atoms. The molecule has 1 amide bonds. The summed E-state index contributed by atoms with van der Waals surface area (Å²) in [5.74, 6) is 1.34. The quantitative estimate of drug-likeness (QED) is 0.343. The van der Waals surface area contributed by atoms with Crippen LogP contribution in [-0.2, 0) is 18.4 Å². The Bertz CT molecular complexity index is 1090. The van der Waals surface area contributed by atoms with Crippen LogP contribution in [0.1, 0.15) is 17.0 Å². The molecule has 3 rings (SSSR count). The van der Waals surface area contributed by atoms with Crippen LogP contribution in [0.2, 0.25) is 15.1 Å². The van der Waals surface area contributed by atoms with Crippen LogP contribution >= 0.6 is 46.6 Å². The number of hydrogen-bond acceptors (Lipinski definition) is 5. The Kier molecular flexibility index (Phi) is 7.52. The monoisotopic (exact) mass is 484 g/mol. The summed E-state index contributed by atoms with van der Waals surface area (Å²) in [5.41, 5.74) is 2.57. The molecule has 0 aliphatic heterocycles. The molecule has 0 saturated heterocycles. The lowest BCUT2D eigenvalue weighted by Gasteiger charge is -2.10. The number of rotatable bonds is 7. The van der Waals surface area contributed by atoms with Gasteiger partial charge < -0.3 is 14.6 Å². The molecule has 1 N–H and O–H groups in total. The number of carbonyl (C=O) groups excluding carboxylic acids is 1. The second kappa shape index (κ2) is 9.92. The molecule has 158 valence electrons. The molecule has 3 aromatic rings. The maximum Gasteiger partial charge on any atom is 0.234 e. The first-order valence-electron chi connectivity index (χ1n) is 8.90. The number of benzene rings is 2. The molecule has 0 unspecified atom stereocenters. The minimum absolute atomic E-state index is 0.125. The third kappa shape index (κ3) is 5.60. The van der Waals surface area contributed by atoms with E-state index in [1.165, 1.54) is 23.9 Å². The molecular formula is C20H19Cl3N4O2S. The van der Waals surface area contributed by atoms with Gasteiger partial charge in [0.05, 0.1) is 26.5 Å². The first-order valence-corrected chi connectivity index (χ1v) is 11.0. The van der Waals surface area contributed by atoms with E-state index in [9.17, 15) is 4.79 Å². The first kappa shape index (κ1) is 22.7. The molecule has 0 aliphatic carbocycles. The number of aryl methyl sites for hydroxylation is 2. The Balaban J connectivity index is 1.58. The minimum Gasteiger partial charge on any atom is -0.485 e. The second-order valence-corrected chi connectivity index (χ2v) is 8.76. The number of carbonyl (C=O) groups is 1. The fraction of sp³-hybridized carbons (Fsp3) is 0.250. The van der Waals surface area contributed by atoms with Crippen molar-refractivity contribution in [3.8, 4) is 5.75 Å². The number of halogens is 3. The van der Waals surface area contributed by atoms with Crippen molar-refractivity contribution in [1.82, 2.24) is 14.8 Å². The van der Waals surface area contributed by atoms with Gasteiger partial charge in [-0.1, -0.05) is 58.7 Å². The maximum atomic E-state index is 12.3. The van der Waals surface area contributed by atoms with Crippen LogP contribution in [0.3, 0.4) is 0 Å². The maximum absolute atomic E-state index is 12.3. The number of hydrogen-bond donors (Lipinski definition) is 1. The Morgan fingerprint density at radius 3 is 2.60 bits per heavy atom. The van der Waals surface area contributed by atoms with Gasteiger partial charge in [0.25, 0.3) is 0 Å². The molecule has 10 heteroatoms. The van der Waals surface area contributed by atoms with E-state index < -0.39 is 0 Å². The van der Waals surface area contributed by atoms with Crippen molar-refractivity contribution in [2.45, 2.75) is 25.6 Å². The van der Waals surface area contributed by atoms with Crippen LogP contribution in [0.15, 0.2) is 35.5 Å². The number of thioether (sulfide) groups is 1. The summed E-state index contributed by atoms with van der Waals surface area (Å²) in [5, 5.41) is 12.6. The Labute approximate surface area is 193 Å². The Morgan fingerprint density at radius 1 is 1.10 bits per heavy atom. The molecule has 0 radical (unpaired) electrons. The van der Waals surface area contributed by atoms with E-state index in [1.54, 1.807) is 4.57 Å². The number of nitrogens with one attached hydrogen (secondary N) is 1. The van der Waals surface area contributed by atoms with E-state index in [-0.39, 0.29) is 18.3 Å². The summed E-state index contributed by atoms with van der Waals surface area (Å²) in [6, 6.07) is 9.04. The summed E-state index contributed by atoms with van der Waals surface area (Å²) in [7, 11) is 1.83. The van der Waals surface area contributed by atoms with Crippen molar-refractivity contribution in [2.75, 3.05) is 11.1 Å². The van der Waals surface area contributed by atoms with Crippen molar-refractivity contribution in [1.29, 1.82) is 0 Å². The Morgan fingerprint density at radius 2 is 1.83 bits per heavy atom. The van der Waals surface area contributed by atoms with E-state index >= 15 is 0 Å². The van der Waals surface area contributed by atoms with Crippen molar-refractivity contribution in [3.63, 3.8) is 0 Å². The summed E-state index contributed by atoms with van der Waals surface area (Å²) in [6.07, 6.45) is 0. The average Bonchev–Trinajstić information content (AvgIpc) is 3.05. The molecule has 30 heavy (non-hydrogen) atoms. The van der Waals surface area contributed by atoms with Gasteiger partial charge in [-0.25, -0.2) is 0 Å². The van der Waals surface area contributed by atoms with Gasteiger partial charge in [0.15, 0.2) is 11.0 Å². The van der Waals surface area contributed by atoms with E-state index in [0.717, 1.165) is 16.9 Å². The van der Waals surface area contributed by atoms with Crippen LogP contribution in [0.4, 0.5) is 5.69 Å². The molecule has 0 saturated carbocycles. The van der Waals surface area contributed by atoms with Crippen LogP contribution in [0, 0.1) is 13.8 Å². The van der Waals surface area contributed by atoms with Gasteiger partial charge in [-0.05, 0) is 43.2 Å². The highest BCUT2D eigenvalue weighted by Crippen LogP contribution is 2.32. The number of amides is 1. The number of nitrogens with zero attached hydrogens (tertiary/aromatic N) is 3. The second-order valence-electron chi connectivity index (χ2n) is 6.60. The topological polar surface area (TPSA) is 69.0 Å². The first-order chi connectivity index (χ1) is 14.2. The fourth-order valence-corrected chi connectivity index (χ4v) is 3.86. The van der Waals surface area contributed by atoms with E-state index in [4.69, 9.17) is 39.5 Å². The Hall–Kier alpha value is -1.93. The van der Waals surface area contributed by atoms with Crippen LogP contribution < -0.4 is 10.1 Å². The van der Waals surface area contributed by atoms with Gasteiger partial charge >= 0.3 is 0 Å². The lowest BCUT2D eigenvalue weighted by Crippen LogP contribution is -2.15. The molecule has 2 aromatic carbocycles. The van der Waals surface area contributed by atoms with Crippen molar-refractivity contribution in [3.05, 3.63) is 62.4 Å². The van der Waals surface area contributed by atoms with Gasteiger partial charge in [-0.2, -0.15) is 0 Å². The summed E-state index contributed by atoms with van der Waals surface area (Å²) in [6.45, 7) is 4.28. The van der Waals surface area contributed by atoms with Crippen LogP contribution in [-0.4, -0.2) is 26.4 Å². The predicted octanol–water partition coefficient (Wildman–Crippen LogP) is 5.70. The highest BCUT2D eigenvalue weighted by Gasteiger charge is 2.14. The van der Waals surface area contributed by atoms with Gasteiger partial charge in [-0.3, -0.25) is 4.79 Å². The predicted molar refractivity (Wildman–Crippen MR) is 122 cm³/mol. The minimum atomic E-state index is -0.253. The SMILES string of the molecule is Cc1ccc(C)c(OCc2nnc(SCC(=O)Nc3cc(Cl)c(Cl)cc3Cl)n2C)c1. The third-order valence-corrected chi connectivity index (χ3v) is 6.30. The van der Waals surface area contributed by atoms with E-state index in [2.05, 4.69) is 15.5 Å². The fourth-order valence-electron chi connectivity index (χ4n) is 2.54. The van der Waals surface area contributed by atoms with E-state index in [1.807, 2.05) is 39.1 Å². The summed E-state index contributed by atoms with van der Waals surface area (Å²) >= 11 is 19.2. The zero-order valence-corrected chi connectivity index (χ0v) is 19.6. The molecule has 6 nitrogen and oxygen atoms in total. The normalized spacial score (nSPS) is 10.9. The van der Waals surface area contributed by atoms with Gasteiger partial charge in [0.1, 0.15) is 12.4 Å². The standard InChI is InChI=1S/C20H19Cl3N4O2S/c1-11-4-5-12(2)17(6-11)29-9-18-25-26-20(27(18)3)30-10-19(28)24-16-8-14(22)13(21)7-15(16)23/h4-8H,9-10H2,1-3H3,(H,24,28). The van der Waals surface area contributed by atoms with Gasteiger partial charge in [-0.15, -0.1) is 10.2 Å². The number of aromatic nitrogens is 3. The summed E-state index contributed by atoms with van der Waals surface area (Å²) < 4.78 is 7.69. The molecule has 0 spiro atoms. The third-order valence-electron chi connectivity index (χ3n) is 4.24. The van der Waals surface area contributed by atoms with Crippen molar-refractivity contribution in [2.24, 2.45) is 7.05 Å². The largest absolute Gasteiger partial charge is 0.485 e. The lowest BCUT2D eigenvalue weighted by molar-refractivity contribution is -0.113. The molecule has 0 atom stereocenters. The zero-order valence-electron chi connectivity index (χ0n) is 16.5. The van der Waals surface area contributed by atoms with Crippen molar-refractivity contribution < 1.29 is 9.53 Å². The highest BCUT2D eigenvalue weighted by atomic mass is 35.5. The van der Waals surface area contributed by atoms with Gasteiger partial charge in [0.2, 0.25) is 5.91 Å². The molecule has 1 heterocycles. The van der Waals surface area contributed by atoms with Crippen LogP contribution in [0.25, 0.3) is 0 Å². The smallest absolute Gasteiger partial charge is 0.234 e. The molecular weight excluding hydrogens is 467 g/mol. The molecule has 0 fully saturated rings. The lowest BCUT2D eigenvalue weighted by atomic mass is 10.1. The molecule has 1 aromatic heterocycles.